The Morgan fingerprint density at radius 1 is 1.00 bits per heavy atom. The SMILES string of the molecule is O=O.OCCO. The van der Waals surface area contributed by atoms with Gasteiger partial charge in [-0.1, -0.05) is 0 Å². The second kappa shape index (κ2) is 24.2. The third kappa shape index (κ3) is 82.7. The molecule has 4 nitrogen and oxygen atoms in total. The summed E-state index contributed by atoms with van der Waals surface area (Å²) in [6.07, 6.45) is 0. The van der Waals surface area contributed by atoms with Crippen molar-refractivity contribution in [3.8, 4) is 0 Å². The van der Waals surface area contributed by atoms with Crippen molar-refractivity contribution < 1.29 is 10.2 Å². The normalized spacial score (nSPS) is 5.67. The highest BCUT2D eigenvalue weighted by molar-refractivity contribution is 4.07. The minimum Gasteiger partial charge on any atom is -0.394 e. The molecule has 0 saturated carbocycles. The smallest absolute Gasteiger partial charge is 0.0662 e. The van der Waals surface area contributed by atoms with Crippen LogP contribution in [0.15, 0.2) is 0 Å². The van der Waals surface area contributed by atoms with Crippen molar-refractivity contribution in [1.29, 1.82) is 0 Å². The monoisotopic (exact) mass is 94.0 g/mol. The van der Waals surface area contributed by atoms with Gasteiger partial charge in [0.2, 0.25) is 0 Å². The summed E-state index contributed by atoms with van der Waals surface area (Å²) in [6.45, 7) is -0.250. The van der Waals surface area contributed by atoms with Crippen molar-refractivity contribution in [3.05, 3.63) is 9.93 Å². The first-order chi connectivity index (χ1) is 2.91. The highest BCUT2D eigenvalue weighted by Gasteiger charge is 1.58. The first-order valence-electron chi connectivity index (χ1n) is 1.30. The van der Waals surface area contributed by atoms with Crippen molar-refractivity contribution in [3.63, 3.8) is 0 Å². The fraction of sp³-hybridized carbons (Fsp3) is 1.00. The van der Waals surface area contributed by atoms with Crippen molar-refractivity contribution >= 4 is 0 Å². The molecule has 0 spiro atoms. The van der Waals surface area contributed by atoms with E-state index in [1.54, 1.807) is 0 Å². The Labute approximate surface area is 34.6 Å². The zero-order chi connectivity index (χ0) is 5.41. The summed E-state index contributed by atoms with van der Waals surface area (Å²) < 4.78 is 0. The van der Waals surface area contributed by atoms with Crippen LogP contribution < -0.4 is 0 Å². The zero-order valence-corrected chi connectivity index (χ0v) is 3.13. The fourth-order valence-corrected chi connectivity index (χ4v) is 0. The van der Waals surface area contributed by atoms with Gasteiger partial charge in [0.15, 0.2) is 0 Å². The van der Waals surface area contributed by atoms with Crippen LogP contribution in [-0.2, 0) is 0 Å². The van der Waals surface area contributed by atoms with Crippen LogP contribution in [0.1, 0.15) is 0 Å². The minimum absolute atomic E-state index is 0.125. The number of aliphatic hydroxyl groups excluding tert-OH is 2. The van der Waals surface area contributed by atoms with Gasteiger partial charge in [0.05, 0.1) is 13.2 Å². The van der Waals surface area contributed by atoms with E-state index in [-0.39, 0.29) is 13.2 Å². The molecule has 0 saturated heterocycles. The van der Waals surface area contributed by atoms with Gasteiger partial charge < -0.3 is 10.2 Å². The molecule has 0 amide bonds. The van der Waals surface area contributed by atoms with Gasteiger partial charge in [0, 0.05) is 9.93 Å². The molecular weight excluding hydrogens is 88.0 g/mol. The summed E-state index contributed by atoms with van der Waals surface area (Å²) in [4.78, 5) is 14.0. The van der Waals surface area contributed by atoms with E-state index in [4.69, 9.17) is 20.1 Å². The minimum atomic E-state index is -0.125. The zero-order valence-electron chi connectivity index (χ0n) is 3.13. The Morgan fingerprint density at radius 3 is 1.17 bits per heavy atom. The quantitative estimate of drug-likeness (QED) is 0.438. The van der Waals surface area contributed by atoms with E-state index < -0.39 is 0 Å². The van der Waals surface area contributed by atoms with Crippen LogP contribution in [0.4, 0.5) is 0 Å². The Morgan fingerprint density at radius 2 is 1.17 bits per heavy atom. The van der Waals surface area contributed by atoms with Crippen LogP contribution in [0.3, 0.4) is 0 Å². The first-order valence-corrected chi connectivity index (χ1v) is 1.30. The van der Waals surface area contributed by atoms with E-state index in [0.717, 1.165) is 0 Å². The largest absolute Gasteiger partial charge is 0.394 e. The van der Waals surface area contributed by atoms with Crippen LogP contribution in [0.25, 0.3) is 0 Å². The predicted molar refractivity (Wildman–Crippen MR) is 20.9 cm³/mol. The van der Waals surface area contributed by atoms with Gasteiger partial charge >= 0.3 is 0 Å². The molecule has 0 aliphatic rings. The Kier molecular flexibility index (Phi) is 36.8. The average Bonchev–Trinajstić information content (AvgIpc) is 1.72. The molecule has 0 aromatic carbocycles. The molecule has 2 N–H and O–H groups in total. The number of rotatable bonds is 1. The van der Waals surface area contributed by atoms with E-state index in [2.05, 4.69) is 0 Å². The molecule has 0 bridgehead atoms. The Hall–Kier alpha value is -0.480. The van der Waals surface area contributed by atoms with E-state index in [1.807, 2.05) is 0 Å². The van der Waals surface area contributed by atoms with Gasteiger partial charge in [-0.3, -0.25) is 0 Å². The molecule has 0 aromatic rings. The van der Waals surface area contributed by atoms with Crippen LogP contribution in [0, 0.1) is 9.93 Å². The lowest BCUT2D eigenvalue weighted by atomic mass is 10.8. The second-order valence-corrected chi connectivity index (χ2v) is 0.447. The van der Waals surface area contributed by atoms with Gasteiger partial charge in [-0.05, 0) is 0 Å². The van der Waals surface area contributed by atoms with Crippen molar-refractivity contribution in [2.45, 2.75) is 0 Å². The maximum absolute atomic E-state index is 7.62. The van der Waals surface area contributed by atoms with Crippen LogP contribution in [0.5, 0.6) is 0 Å². The van der Waals surface area contributed by atoms with Crippen molar-refractivity contribution in [2.75, 3.05) is 13.2 Å². The predicted octanol–water partition coefficient (Wildman–Crippen LogP) is -0.962. The van der Waals surface area contributed by atoms with E-state index in [9.17, 15) is 0 Å². The van der Waals surface area contributed by atoms with Gasteiger partial charge in [0.25, 0.3) is 0 Å². The van der Waals surface area contributed by atoms with Gasteiger partial charge in [0.1, 0.15) is 0 Å². The summed E-state index contributed by atoms with van der Waals surface area (Å²) >= 11 is 0. The van der Waals surface area contributed by atoms with Crippen LogP contribution in [0.2, 0.25) is 0 Å². The number of hydrogen-bond acceptors (Lipinski definition) is 4. The highest BCUT2D eigenvalue weighted by Crippen LogP contribution is 1.39. The maximum atomic E-state index is 7.62. The standard InChI is InChI=1S/C2H6O2.O2/c3-1-2-4;1-2/h3-4H,1-2H2;. The molecule has 0 rings (SSSR count). The summed E-state index contributed by atoms with van der Waals surface area (Å²) in [5.41, 5.74) is 0. The lowest BCUT2D eigenvalue weighted by Gasteiger charge is -1.70. The Balaban J connectivity index is 0. The molecule has 4 heteroatoms. The van der Waals surface area contributed by atoms with E-state index in [0.29, 0.717) is 0 Å². The van der Waals surface area contributed by atoms with Crippen LogP contribution in [-0.4, -0.2) is 23.4 Å². The third-order valence-corrected chi connectivity index (χ3v) is 0.1000. The van der Waals surface area contributed by atoms with Crippen molar-refractivity contribution in [2.24, 2.45) is 0 Å². The van der Waals surface area contributed by atoms with Gasteiger partial charge in [-0.2, -0.15) is 0 Å². The number of aliphatic hydroxyl groups is 2. The van der Waals surface area contributed by atoms with E-state index >= 15 is 0 Å². The lowest BCUT2D eigenvalue weighted by molar-refractivity contribution is 0.186. The fourth-order valence-electron chi connectivity index (χ4n) is 0. The molecule has 38 valence electrons. The second-order valence-electron chi connectivity index (χ2n) is 0.447. The van der Waals surface area contributed by atoms with Crippen LogP contribution >= 0.6 is 0 Å². The summed E-state index contributed by atoms with van der Waals surface area (Å²) in [5.74, 6) is 0. The topological polar surface area (TPSA) is 74.6 Å². The van der Waals surface area contributed by atoms with Gasteiger partial charge in [-0.15, -0.1) is 0 Å². The molecule has 0 radical (unpaired) electrons. The summed E-state index contributed by atoms with van der Waals surface area (Å²) in [6, 6.07) is 0. The first kappa shape index (κ1) is 9.10. The molecule has 0 atom stereocenters. The molecule has 0 fully saturated rings. The lowest BCUT2D eigenvalue weighted by Crippen LogP contribution is -1.85. The molecule has 0 heterocycles. The third-order valence-electron chi connectivity index (χ3n) is 0.1000. The summed E-state index contributed by atoms with van der Waals surface area (Å²) in [5, 5.41) is 15.2. The van der Waals surface area contributed by atoms with Crippen molar-refractivity contribution in [1.82, 2.24) is 0 Å². The molecular formula is C2H6O4. The maximum Gasteiger partial charge on any atom is 0.0662 e. The highest BCUT2D eigenvalue weighted by atomic mass is 16.7. The molecule has 6 heavy (non-hydrogen) atoms. The van der Waals surface area contributed by atoms with E-state index in [1.165, 1.54) is 0 Å². The van der Waals surface area contributed by atoms with Gasteiger partial charge in [-0.25, -0.2) is 0 Å². The number of hydrogen-bond donors (Lipinski definition) is 2. The molecule has 0 aliphatic carbocycles. The average molecular weight is 94.1 g/mol. The summed E-state index contributed by atoms with van der Waals surface area (Å²) in [7, 11) is 0. The molecule has 0 aliphatic heterocycles. The molecule has 0 aromatic heterocycles. The molecule has 0 unspecified atom stereocenters. The Bertz CT molecular complexity index is 13.0.